The Morgan fingerprint density at radius 1 is 1.25 bits per heavy atom. The average molecular weight is 274 g/mol. The van der Waals surface area contributed by atoms with Crippen LogP contribution in [-0.4, -0.2) is 23.9 Å². The van der Waals surface area contributed by atoms with Crippen LogP contribution in [0.2, 0.25) is 0 Å². The van der Waals surface area contributed by atoms with E-state index in [1.807, 2.05) is 29.2 Å². The van der Waals surface area contributed by atoms with Crippen LogP contribution in [-0.2, 0) is 4.79 Å². The molecule has 3 nitrogen and oxygen atoms in total. The SMILES string of the molecule is CC(CC(=O)N1CCC(C)(C)CC1)c1ccc(N)cc1. The molecule has 1 aliphatic rings. The van der Waals surface area contributed by atoms with Crippen LogP contribution in [0.25, 0.3) is 0 Å². The van der Waals surface area contributed by atoms with Gasteiger partial charge in [-0.15, -0.1) is 0 Å². The summed E-state index contributed by atoms with van der Waals surface area (Å²) in [5.41, 5.74) is 8.04. The number of carbonyl (C=O) groups is 1. The molecular weight excluding hydrogens is 248 g/mol. The highest BCUT2D eigenvalue weighted by atomic mass is 16.2. The van der Waals surface area contributed by atoms with Gasteiger partial charge in [-0.05, 0) is 41.9 Å². The molecule has 1 unspecified atom stereocenters. The van der Waals surface area contributed by atoms with Gasteiger partial charge in [0.2, 0.25) is 5.91 Å². The van der Waals surface area contributed by atoms with E-state index in [4.69, 9.17) is 5.73 Å². The quantitative estimate of drug-likeness (QED) is 0.859. The lowest BCUT2D eigenvalue weighted by atomic mass is 9.82. The number of anilines is 1. The standard InChI is InChI=1S/C17H26N2O/c1-13(14-4-6-15(18)7-5-14)12-16(20)19-10-8-17(2,3)9-11-19/h4-7,13H,8-12,18H2,1-3H3. The maximum absolute atomic E-state index is 12.4. The molecule has 20 heavy (non-hydrogen) atoms. The molecule has 3 heteroatoms. The van der Waals surface area contributed by atoms with Gasteiger partial charge in [-0.1, -0.05) is 32.9 Å². The Hall–Kier alpha value is -1.51. The van der Waals surface area contributed by atoms with Crippen LogP contribution in [0.5, 0.6) is 0 Å². The smallest absolute Gasteiger partial charge is 0.223 e. The van der Waals surface area contributed by atoms with Gasteiger partial charge in [0.05, 0.1) is 0 Å². The molecule has 1 aliphatic heterocycles. The van der Waals surface area contributed by atoms with Crippen molar-refractivity contribution in [3.05, 3.63) is 29.8 Å². The van der Waals surface area contributed by atoms with Gasteiger partial charge in [0, 0.05) is 25.2 Å². The molecule has 1 aromatic carbocycles. The van der Waals surface area contributed by atoms with E-state index >= 15 is 0 Å². The average Bonchev–Trinajstić information content (AvgIpc) is 2.39. The number of benzene rings is 1. The number of carbonyl (C=O) groups excluding carboxylic acids is 1. The van der Waals surface area contributed by atoms with Gasteiger partial charge < -0.3 is 10.6 Å². The Morgan fingerprint density at radius 2 is 1.80 bits per heavy atom. The summed E-state index contributed by atoms with van der Waals surface area (Å²) in [5.74, 6) is 0.530. The lowest BCUT2D eigenvalue weighted by Gasteiger charge is -2.37. The first-order valence-electron chi connectivity index (χ1n) is 7.51. The zero-order valence-corrected chi connectivity index (χ0v) is 12.9. The van der Waals surface area contributed by atoms with Gasteiger partial charge in [0.25, 0.3) is 0 Å². The first-order valence-corrected chi connectivity index (χ1v) is 7.51. The van der Waals surface area contributed by atoms with Crippen LogP contribution in [0.4, 0.5) is 5.69 Å². The van der Waals surface area contributed by atoms with Gasteiger partial charge >= 0.3 is 0 Å². The summed E-state index contributed by atoms with van der Waals surface area (Å²) < 4.78 is 0. The lowest BCUT2D eigenvalue weighted by Crippen LogP contribution is -2.41. The van der Waals surface area contributed by atoms with Crippen molar-refractivity contribution in [3.8, 4) is 0 Å². The van der Waals surface area contributed by atoms with Crippen LogP contribution in [0.15, 0.2) is 24.3 Å². The van der Waals surface area contributed by atoms with E-state index in [-0.39, 0.29) is 11.8 Å². The Morgan fingerprint density at radius 3 is 2.35 bits per heavy atom. The third-order valence-electron chi connectivity index (χ3n) is 4.46. The van der Waals surface area contributed by atoms with Crippen molar-refractivity contribution in [1.82, 2.24) is 4.90 Å². The van der Waals surface area contributed by atoms with Crippen molar-refractivity contribution in [2.75, 3.05) is 18.8 Å². The number of amides is 1. The van der Waals surface area contributed by atoms with Gasteiger partial charge in [0.1, 0.15) is 0 Å². The second kappa shape index (κ2) is 5.86. The highest BCUT2D eigenvalue weighted by molar-refractivity contribution is 5.77. The minimum Gasteiger partial charge on any atom is -0.399 e. The van der Waals surface area contributed by atoms with Crippen LogP contribution in [0, 0.1) is 5.41 Å². The topological polar surface area (TPSA) is 46.3 Å². The summed E-state index contributed by atoms with van der Waals surface area (Å²) in [6, 6.07) is 7.85. The first-order chi connectivity index (χ1) is 9.37. The second-order valence-electron chi connectivity index (χ2n) is 6.82. The van der Waals surface area contributed by atoms with Crippen molar-refractivity contribution >= 4 is 11.6 Å². The number of hydrogen-bond acceptors (Lipinski definition) is 2. The second-order valence-corrected chi connectivity index (χ2v) is 6.82. The van der Waals surface area contributed by atoms with Crippen molar-refractivity contribution in [3.63, 3.8) is 0 Å². The number of rotatable bonds is 3. The minimum absolute atomic E-state index is 0.248. The number of nitrogens with two attached hydrogens (primary N) is 1. The fourth-order valence-electron chi connectivity index (χ4n) is 2.69. The summed E-state index contributed by atoms with van der Waals surface area (Å²) in [6.07, 6.45) is 2.80. The van der Waals surface area contributed by atoms with Crippen LogP contribution in [0.1, 0.15) is 51.5 Å². The molecule has 110 valence electrons. The number of nitrogens with zero attached hydrogens (tertiary/aromatic N) is 1. The number of nitrogen functional groups attached to an aromatic ring is 1. The molecule has 0 saturated carbocycles. The Labute approximate surface area is 122 Å². The molecule has 0 aliphatic carbocycles. The zero-order chi connectivity index (χ0) is 14.8. The fraction of sp³-hybridized carbons (Fsp3) is 0.588. The van der Waals surface area contributed by atoms with Crippen molar-refractivity contribution in [2.45, 2.75) is 46.0 Å². The highest BCUT2D eigenvalue weighted by Crippen LogP contribution is 2.30. The third kappa shape index (κ3) is 3.75. The summed E-state index contributed by atoms with van der Waals surface area (Å²) in [4.78, 5) is 14.4. The molecule has 1 amide bonds. The molecule has 0 aromatic heterocycles. The molecule has 0 bridgehead atoms. The number of hydrogen-bond donors (Lipinski definition) is 1. The molecule has 1 aromatic rings. The van der Waals surface area contributed by atoms with Gasteiger partial charge in [0.15, 0.2) is 0 Å². The van der Waals surface area contributed by atoms with E-state index in [9.17, 15) is 4.79 Å². The van der Waals surface area contributed by atoms with Crippen LogP contribution in [0.3, 0.4) is 0 Å². The van der Waals surface area contributed by atoms with E-state index in [1.54, 1.807) is 0 Å². The van der Waals surface area contributed by atoms with E-state index in [2.05, 4.69) is 20.8 Å². The molecule has 1 atom stereocenters. The fourth-order valence-corrected chi connectivity index (χ4v) is 2.69. The highest BCUT2D eigenvalue weighted by Gasteiger charge is 2.28. The first kappa shape index (κ1) is 14.9. The zero-order valence-electron chi connectivity index (χ0n) is 12.9. The van der Waals surface area contributed by atoms with E-state index in [0.29, 0.717) is 11.8 Å². The largest absolute Gasteiger partial charge is 0.399 e. The maximum Gasteiger partial charge on any atom is 0.223 e. The van der Waals surface area contributed by atoms with Crippen molar-refractivity contribution < 1.29 is 4.79 Å². The Bertz CT molecular complexity index is 454. The van der Waals surface area contributed by atoms with E-state index in [1.165, 1.54) is 5.56 Å². The van der Waals surface area contributed by atoms with E-state index < -0.39 is 0 Å². The number of likely N-dealkylation sites (tertiary alicyclic amines) is 1. The molecule has 0 radical (unpaired) electrons. The summed E-state index contributed by atoms with van der Waals surface area (Å²) in [6.45, 7) is 8.48. The monoisotopic (exact) mass is 274 g/mol. The molecule has 1 fully saturated rings. The summed E-state index contributed by atoms with van der Waals surface area (Å²) in [7, 11) is 0. The van der Waals surface area contributed by atoms with Gasteiger partial charge in [-0.3, -0.25) is 4.79 Å². The predicted molar refractivity (Wildman–Crippen MR) is 83.5 cm³/mol. The Balaban J connectivity index is 1.90. The van der Waals surface area contributed by atoms with Crippen LogP contribution >= 0.6 is 0 Å². The lowest BCUT2D eigenvalue weighted by molar-refractivity contribution is -0.133. The molecule has 2 N–H and O–H groups in total. The molecule has 1 heterocycles. The maximum atomic E-state index is 12.4. The minimum atomic E-state index is 0.248. The molecule has 1 saturated heterocycles. The van der Waals surface area contributed by atoms with Crippen molar-refractivity contribution in [2.24, 2.45) is 5.41 Å². The Kier molecular flexibility index (Phi) is 4.36. The van der Waals surface area contributed by atoms with Crippen molar-refractivity contribution in [1.29, 1.82) is 0 Å². The van der Waals surface area contributed by atoms with Crippen LogP contribution < -0.4 is 5.73 Å². The summed E-state index contributed by atoms with van der Waals surface area (Å²) >= 11 is 0. The predicted octanol–water partition coefficient (Wildman–Crippen LogP) is 3.41. The molecule has 2 rings (SSSR count). The number of piperidine rings is 1. The molecule has 0 spiro atoms. The normalized spacial score (nSPS) is 19.6. The van der Waals surface area contributed by atoms with Gasteiger partial charge in [-0.2, -0.15) is 0 Å². The third-order valence-corrected chi connectivity index (χ3v) is 4.46. The molecular formula is C17H26N2O. The summed E-state index contributed by atoms with van der Waals surface area (Å²) in [5, 5.41) is 0. The van der Waals surface area contributed by atoms with Gasteiger partial charge in [-0.25, -0.2) is 0 Å². The van der Waals surface area contributed by atoms with E-state index in [0.717, 1.165) is 31.6 Å².